The molecular weight excluding hydrogens is 252 g/mol. The van der Waals surface area contributed by atoms with Crippen LogP contribution in [0, 0.1) is 0 Å². The van der Waals surface area contributed by atoms with E-state index in [1.54, 1.807) is 0 Å². The van der Waals surface area contributed by atoms with Gasteiger partial charge >= 0.3 is 11.9 Å². The average molecular weight is 270 g/mol. The Bertz CT molecular complexity index is 427. The van der Waals surface area contributed by atoms with E-state index >= 15 is 0 Å². The number of carboxylic acids is 1. The highest BCUT2D eigenvalue weighted by Crippen LogP contribution is 2.38. The van der Waals surface area contributed by atoms with Gasteiger partial charge in [0, 0.05) is 6.92 Å². The summed E-state index contributed by atoms with van der Waals surface area (Å²) in [4.78, 5) is 21.8. The van der Waals surface area contributed by atoms with Gasteiger partial charge in [-0.3, -0.25) is 4.79 Å². The molecule has 0 radical (unpaired) electrons. The van der Waals surface area contributed by atoms with E-state index in [1.807, 2.05) is 13.8 Å². The molecule has 0 atom stereocenters. The summed E-state index contributed by atoms with van der Waals surface area (Å²) in [6.07, 6.45) is 0. The van der Waals surface area contributed by atoms with Gasteiger partial charge in [-0.25, -0.2) is 4.79 Å². The van der Waals surface area contributed by atoms with Gasteiger partial charge in [0.05, 0.1) is 19.8 Å². The number of esters is 1. The molecule has 6 nitrogen and oxygen atoms in total. The highest BCUT2D eigenvalue weighted by atomic mass is 16.6. The molecule has 0 fully saturated rings. The van der Waals surface area contributed by atoms with E-state index < -0.39 is 11.9 Å². The van der Waals surface area contributed by atoms with Crippen LogP contribution < -0.4 is 14.2 Å². The van der Waals surface area contributed by atoms with Crippen LogP contribution >= 0.6 is 0 Å². The summed E-state index contributed by atoms with van der Waals surface area (Å²) < 4.78 is 14.8. The van der Waals surface area contributed by atoms with Gasteiger partial charge in [-0.15, -0.1) is 0 Å². The molecule has 0 heterocycles. The SMILES string of the molecule is CC.COc1cc(C(=O)O)cc(OC)c1OC(C)=O. The van der Waals surface area contributed by atoms with Crippen molar-refractivity contribution in [3.05, 3.63) is 17.7 Å². The largest absolute Gasteiger partial charge is 0.493 e. The molecule has 0 spiro atoms. The number of benzene rings is 1. The van der Waals surface area contributed by atoms with Crippen molar-refractivity contribution < 1.29 is 28.9 Å². The third kappa shape index (κ3) is 4.50. The summed E-state index contributed by atoms with van der Waals surface area (Å²) in [7, 11) is 2.68. The van der Waals surface area contributed by atoms with Gasteiger partial charge in [0.2, 0.25) is 5.75 Å². The maximum absolute atomic E-state index is 10.9. The van der Waals surface area contributed by atoms with Crippen LogP contribution in [0.4, 0.5) is 0 Å². The second-order valence-corrected chi connectivity index (χ2v) is 3.11. The van der Waals surface area contributed by atoms with Crippen molar-refractivity contribution >= 4 is 11.9 Å². The predicted molar refractivity (Wildman–Crippen MR) is 69.2 cm³/mol. The molecule has 0 amide bonds. The second kappa shape index (κ2) is 7.97. The number of carboxylic acid groups (broad SMARTS) is 1. The van der Waals surface area contributed by atoms with Gasteiger partial charge in [-0.05, 0) is 12.1 Å². The summed E-state index contributed by atoms with van der Waals surface area (Å²) in [5.74, 6) is -1.37. The van der Waals surface area contributed by atoms with E-state index in [0.717, 1.165) is 0 Å². The quantitative estimate of drug-likeness (QED) is 0.668. The van der Waals surface area contributed by atoms with Crippen LogP contribution in [0.5, 0.6) is 17.2 Å². The van der Waals surface area contributed by atoms with Gasteiger partial charge in [0.25, 0.3) is 0 Å². The van der Waals surface area contributed by atoms with Crippen LogP contribution in [0.2, 0.25) is 0 Å². The number of carbonyl (C=O) groups excluding carboxylic acids is 1. The Morgan fingerprint density at radius 2 is 1.47 bits per heavy atom. The molecule has 1 rings (SSSR count). The van der Waals surface area contributed by atoms with Crippen molar-refractivity contribution in [1.82, 2.24) is 0 Å². The number of rotatable bonds is 4. The minimum atomic E-state index is -1.13. The molecule has 0 aromatic heterocycles. The summed E-state index contributed by atoms with van der Waals surface area (Å²) in [6.45, 7) is 5.23. The lowest BCUT2D eigenvalue weighted by Crippen LogP contribution is -2.06. The first-order valence-corrected chi connectivity index (χ1v) is 5.67. The number of aromatic carboxylic acids is 1. The zero-order valence-electron chi connectivity index (χ0n) is 11.6. The molecule has 0 aliphatic rings. The van der Waals surface area contributed by atoms with Crippen molar-refractivity contribution in [3.63, 3.8) is 0 Å². The third-order valence-electron chi connectivity index (χ3n) is 1.95. The number of methoxy groups -OCH3 is 2. The van der Waals surface area contributed by atoms with Gasteiger partial charge in [-0.1, -0.05) is 13.8 Å². The highest BCUT2D eigenvalue weighted by Gasteiger charge is 2.18. The van der Waals surface area contributed by atoms with E-state index in [9.17, 15) is 9.59 Å². The van der Waals surface area contributed by atoms with Gasteiger partial charge in [0.1, 0.15) is 0 Å². The van der Waals surface area contributed by atoms with Gasteiger partial charge in [0.15, 0.2) is 11.5 Å². The lowest BCUT2D eigenvalue weighted by Gasteiger charge is -2.12. The summed E-state index contributed by atoms with van der Waals surface area (Å²) >= 11 is 0. The smallest absolute Gasteiger partial charge is 0.335 e. The fourth-order valence-electron chi connectivity index (χ4n) is 1.25. The summed E-state index contributed by atoms with van der Waals surface area (Å²) in [5.41, 5.74) is -0.0189. The van der Waals surface area contributed by atoms with E-state index in [2.05, 4.69) is 0 Å². The Hall–Kier alpha value is -2.24. The standard InChI is InChI=1S/C11H12O6.C2H6/c1-6(12)17-10-8(15-2)4-7(11(13)14)5-9(10)16-3;1-2/h4-5H,1-3H3,(H,13,14);1-2H3. The first-order chi connectivity index (χ1) is 8.99. The summed E-state index contributed by atoms with van der Waals surface area (Å²) in [5, 5.41) is 8.88. The maximum Gasteiger partial charge on any atom is 0.335 e. The number of carbonyl (C=O) groups is 2. The summed E-state index contributed by atoms with van der Waals surface area (Å²) in [6, 6.07) is 2.51. The highest BCUT2D eigenvalue weighted by molar-refractivity contribution is 5.89. The fourth-order valence-corrected chi connectivity index (χ4v) is 1.25. The first-order valence-electron chi connectivity index (χ1n) is 5.67. The van der Waals surface area contributed by atoms with E-state index in [1.165, 1.54) is 33.3 Å². The molecule has 106 valence electrons. The molecule has 1 aromatic rings. The minimum absolute atomic E-state index is 0.0189. The Morgan fingerprint density at radius 1 is 1.05 bits per heavy atom. The van der Waals surface area contributed by atoms with Crippen molar-refractivity contribution in [3.8, 4) is 17.2 Å². The Labute approximate surface area is 111 Å². The topological polar surface area (TPSA) is 82.1 Å². The van der Waals surface area contributed by atoms with Crippen LogP contribution in [0.3, 0.4) is 0 Å². The fraction of sp³-hybridized carbons (Fsp3) is 0.385. The molecule has 0 aliphatic carbocycles. The normalized spacial score (nSPS) is 8.89. The molecule has 0 aliphatic heterocycles. The number of ether oxygens (including phenoxy) is 3. The second-order valence-electron chi connectivity index (χ2n) is 3.11. The van der Waals surface area contributed by atoms with Crippen molar-refractivity contribution in [2.75, 3.05) is 14.2 Å². The molecule has 0 saturated carbocycles. The Kier molecular flexibility index (Phi) is 7.03. The molecule has 6 heteroatoms. The Morgan fingerprint density at radius 3 is 1.74 bits per heavy atom. The van der Waals surface area contributed by atoms with E-state index in [0.29, 0.717) is 0 Å². The van der Waals surface area contributed by atoms with Crippen LogP contribution in [0.15, 0.2) is 12.1 Å². The number of hydrogen-bond acceptors (Lipinski definition) is 5. The molecular formula is C13H18O6. The molecule has 1 N–H and O–H groups in total. The van der Waals surface area contributed by atoms with Crippen LogP contribution in [0.1, 0.15) is 31.1 Å². The minimum Gasteiger partial charge on any atom is -0.493 e. The van der Waals surface area contributed by atoms with Gasteiger partial charge in [-0.2, -0.15) is 0 Å². The predicted octanol–water partition coefficient (Wildman–Crippen LogP) is 2.35. The lowest BCUT2D eigenvalue weighted by atomic mass is 10.2. The van der Waals surface area contributed by atoms with E-state index in [4.69, 9.17) is 19.3 Å². The first kappa shape index (κ1) is 16.8. The van der Waals surface area contributed by atoms with Crippen LogP contribution in [-0.4, -0.2) is 31.3 Å². The maximum atomic E-state index is 10.9. The monoisotopic (exact) mass is 270 g/mol. The molecule has 19 heavy (non-hydrogen) atoms. The Balaban J connectivity index is 0.00000154. The molecule has 1 aromatic carbocycles. The number of hydrogen-bond donors (Lipinski definition) is 1. The van der Waals surface area contributed by atoms with Crippen molar-refractivity contribution in [1.29, 1.82) is 0 Å². The van der Waals surface area contributed by atoms with Crippen LogP contribution in [0.25, 0.3) is 0 Å². The molecule has 0 bridgehead atoms. The zero-order chi connectivity index (χ0) is 15.0. The van der Waals surface area contributed by atoms with E-state index in [-0.39, 0.29) is 22.8 Å². The average Bonchev–Trinajstić information content (AvgIpc) is 2.40. The van der Waals surface area contributed by atoms with Gasteiger partial charge < -0.3 is 19.3 Å². The molecule has 0 saturated heterocycles. The van der Waals surface area contributed by atoms with Crippen molar-refractivity contribution in [2.45, 2.75) is 20.8 Å². The zero-order valence-corrected chi connectivity index (χ0v) is 11.6. The lowest BCUT2D eigenvalue weighted by molar-refractivity contribution is -0.132. The van der Waals surface area contributed by atoms with Crippen LogP contribution in [-0.2, 0) is 4.79 Å². The third-order valence-corrected chi connectivity index (χ3v) is 1.95. The van der Waals surface area contributed by atoms with Crippen molar-refractivity contribution in [2.24, 2.45) is 0 Å². The molecule has 0 unspecified atom stereocenters.